The lowest BCUT2D eigenvalue weighted by Gasteiger charge is -2.27. The molecule has 0 bridgehead atoms. The summed E-state index contributed by atoms with van der Waals surface area (Å²) in [6.45, 7) is 6.54. The molecule has 0 aliphatic heterocycles. The van der Waals surface area contributed by atoms with Gasteiger partial charge in [-0.15, -0.1) is 0 Å². The quantitative estimate of drug-likeness (QED) is 0.295. The van der Waals surface area contributed by atoms with E-state index in [4.69, 9.17) is 9.47 Å². The van der Waals surface area contributed by atoms with Gasteiger partial charge >= 0.3 is 5.97 Å². The minimum atomic E-state index is -1.36. The van der Waals surface area contributed by atoms with Crippen molar-refractivity contribution in [1.82, 2.24) is 0 Å². The second kappa shape index (κ2) is 8.12. The third-order valence-electron chi connectivity index (χ3n) is 3.49. The van der Waals surface area contributed by atoms with Crippen LogP contribution in [-0.4, -0.2) is 25.5 Å². The van der Waals surface area contributed by atoms with Gasteiger partial charge in [0.05, 0.1) is 7.11 Å². The van der Waals surface area contributed by atoms with Crippen molar-refractivity contribution in [2.45, 2.75) is 13.8 Å². The molecule has 0 amide bonds. The number of hydrogen-bond donors (Lipinski definition) is 0. The minimum Gasteiger partial charge on any atom is -0.497 e. The molecule has 1 aromatic rings. The second-order valence-electron chi connectivity index (χ2n) is 4.82. The Labute approximate surface area is 144 Å². The van der Waals surface area contributed by atoms with Gasteiger partial charge in [0.1, 0.15) is 17.8 Å². The Morgan fingerprint density at radius 2 is 1.91 bits per heavy atom. The molecule has 1 rings (SSSR count). The maximum absolute atomic E-state index is 12.4. The maximum Gasteiger partial charge on any atom is 0.324 e. The highest BCUT2D eigenvalue weighted by atomic mass is 127. The van der Waals surface area contributed by atoms with Gasteiger partial charge in [0.2, 0.25) is 0 Å². The Kier molecular flexibility index (Phi) is 6.80. The third kappa shape index (κ3) is 3.76. The lowest BCUT2D eigenvalue weighted by Crippen LogP contribution is -2.37. The van der Waals surface area contributed by atoms with Gasteiger partial charge in [-0.1, -0.05) is 47.4 Å². The average Bonchev–Trinajstić information content (AvgIpc) is 2.53. The van der Waals surface area contributed by atoms with Crippen molar-refractivity contribution in [3.8, 4) is 5.75 Å². The van der Waals surface area contributed by atoms with Crippen LogP contribution in [0.4, 0.5) is 0 Å². The molecule has 1 atom stereocenters. The number of ether oxygens (including phenoxy) is 2. The van der Waals surface area contributed by atoms with E-state index < -0.39 is 11.4 Å². The summed E-state index contributed by atoms with van der Waals surface area (Å²) >= 11 is 2.03. The first-order valence-electron chi connectivity index (χ1n) is 6.66. The number of carbonyl (C=O) groups excluding carboxylic acids is 2. The molecule has 0 radical (unpaired) electrons. The Balaban J connectivity index is 3.28. The predicted octanol–water partition coefficient (Wildman–Crippen LogP) is 3.80. The molecule has 0 fully saturated rings. The van der Waals surface area contributed by atoms with Crippen molar-refractivity contribution in [2.24, 2.45) is 5.41 Å². The van der Waals surface area contributed by atoms with E-state index in [1.54, 1.807) is 30.2 Å². The zero-order valence-electron chi connectivity index (χ0n) is 12.9. The molecule has 22 heavy (non-hydrogen) atoms. The van der Waals surface area contributed by atoms with Crippen molar-refractivity contribution in [2.75, 3.05) is 13.7 Å². The van der Waals surface area contributed by atoms with Gasteiger partial charge in [-0.3, -0.25) is 9.59 Å². The SMILES string of the molecule is C=CCOC(=O)C(C)(C(C)=O)/C(=C/I)c1ccc(OC)cc1. The molecular weight excluding hydrogens is 395 g/mol. The lowest BCUT2D eigenvalue weighted by molar-refractivity contribution is -0.153. The van der Waals surface area contributed by atoms with E-state index in [-0.39, 0.29) is 12.4 Å². The highest BCUT2D eigenvalue weighted by Gasteiger charge is 2.44. The van der Waals surface area contributed by atoms with Crippen LogP contribution >= 0.6 is 22.6 Å². The van der Waals surface area contributed by atoms with Crippen LogP contribution in [0, 0.1) is 5.41 Å². The van der Waals surface area contributed by atoms with Gasteiger partial charge in [0.25, 0.3) is 0 Å². The number of rotatable bonds is 7. The van der Waals surface area contributed by atoms with Gasteiger partial charge in [-0.05, 0) is 41.2 Å². The number of Topliss-reactive ketones (excluding diaryl/α,β-unsaturated/α-hetero) is 1. The van der Waals surface area contributed by atoms with E-state index >= 15 is 0 Å². The molecule has 0 aliphatic carbocycles. The lowest BCUT2D eigenvalue weighted by atomic mass is 9.76. The number of hydrogen-bond acceptors (Lipinski definition) is 4. The van der Waals surface area contributed by atoms with Crippen LogP contribution in [0.3, 0.4) is 0 Å². The molecule has 5 heteroatoms. The predicted molar refractivity (Wildman–Crippen MR) is 94.9 cm³/mol. The summed E-state index contributed by atoms with van der Waals surface area (Å²) in [6.07, 6.45) is 1.47. The van der Waals surface area contributed by atoms with Gasteiger partial charge in [0.15, 0.2) is 5.78 Å². The molecular formula is C17H19IO4. The summed E-state index contributed by atoms with van der Waals surface area (Å²) in [6, 6.07) is 7.19. The summed E-state index contributed by atoms with van der Waals surface area (Å²) in [4.78, 5) is 24.6. The van der Waals surface area contributed by atoms with Crippen molar-refractivity contribution < 1.29 is 19.1 Å². The first-order valence-corrected chi connectivity index (χ1v) is 7.90. The molecule has 0 aromatic heterocycles. The van der Waals surface area contributed by atoms with Crippen molar-refractivity contribution in [1.29, 1.82) is 0 Å². The monoisotopic (exact) mass is 414 g/mol. The van der Waals surface area contributed by atoms with Gasteiger partial charge in [0, 0.05) is 0 Å². The topological polar surface area (TPSA) is 52.6 Å². The van der Waals surface area contributed by atoms with Crippen LogP contribution in [0.25, 0.3) is 5.57 Å². The molecule has 0 heterocycles. The van der Waals surface area contributed by atoms with Crippen LogP contribution in [0.2, 0.25) is 0 Å². The Hall–Kier alpha value is -1.63. The second-order valence-corrected chi connectivity index (χ2v) is 5.44. The highest BCUT2D eigenvalue weighted by molar-refractivity contribution is 14.1. The van der Waals surface area contributed by atoms with E-state index in [2.05, 4.69) is 6.58 Å². The summed E-state index contributed by atoms with van der Waals surface area (Å²) in [5, 5.41) is 0. The van der Waals surface area contributed by atoms with Crippen LogP contribution in [0.15, 0.2) is 41.0 Å². The van der Waals surface area contributed by atoms with Crippen molar-refractivity contribution in [3.63, 3.8) is 0 Å². The molecule has 0 spiro atoms. The zero-order valence-corrected chi connectivity index (χ0v) is 15.0. The number of ketones is 1. The van der Waals surface area contributed by atoms with Gasteiger partial charge in [-0.25, -0.2) is 0 Å². The third-order valence-corrected chi connectivity index (χ3v) is 4.12. The van der Waals surface area contributed by atoms with E-state index in [0.717, 1.165) is 5.56 Å². The number of esters is 1. The first kappa shape index (κ1) is 18.4. The first-order chi connectivity index (χ1) is 10.4. The van der Waals surface area contributed by atoms with Gasteiger partial charge in [-0.2, -0.15) is 0 Å². The minimum absolute atomic E-state index is 0.0683. The maximum atomic E-state index is 12.4. The summed E-state index contributed by atoms with van der Waals surface area (Å²) in [5.41, 5.74) is -0.000490. The largest absolute Gasteiger partial charge is 0.497 e. The fraction of sp³-hybridized carbons (Fsp3) is 0.294. The standard InChI is InChI=1S/C17H19IO4/c1-5-10-22-16(20)17(3,12(2)19)15(11-18)13-6-8-14(21-4)9-7-13/h5-9,11H,1,10H2,2-4H3/b15-11+. The molecule has 0 saturated carbocycles. The van der Waals surface area contributed by atoms with E-state index in [0.29, 0.717) is 11.3 Å². The van der Waals surface area contributed by atoms with Crippen molar-refractivity contribution >= 4 is 39.9 Å². The Bertz CT molecular complexity index is 589. The zero-order chi connectivity index (χ0) is 16.8. The number of methoxy groups -OCH3 is 1. The molecule has 1 unspecified atom stereocenters. The normalized spacial score (nSPS) is 13.9. The van der Waals surface area contributed by atoms with Crippen molar-refractivity contribution in [3.05, 3.63) is 46.6 Å². The summed E-state index contributed by atoms with van der Waals surface area (Å²) in [5.74, 6) is -0.158. The molecule has 1 aromatic carbocycles. The summed E-state index contributed by atoms with van der Waals surface area (Å²) in [7, 11) is 1.58. The molecule has 118 valence electrons. The summed E-state index contributed by atoms with van der Waals surface area (Å²) < 4.78 is 12.0. The Morgan fingerprint density at radius 3 is 2.32 bits per heavy atom. The number of carbonyl (C=O) groups is 2. The molecule has 0 N–H and O–H groups in total. The fourth-order valence-electron chi connectivity index (χ4n) is 1.95. The van der Waals surface area contributed by atoms with E-state index in [1.165, 1.54) is 13.0 Å². The number of benzene rings is 1. The Morgan fingerprint density at radius 1 is 1.32 bits per heavy atom. The highest BCUT2D eigenvalue weighted by Crippen LogP contribution is 2.38. The average molecular weight is 414 g/mol. The van der Waals surface area contributed by atoms with E-state index in [9.17, 15) is 9.59 Å². The number of halogens is 1. The fourth-order valence-corrected chi connectivity index (χ4v) is 2.94. The molecule has 0 saturated heterocycles. The molecule has 0 aliphatic rings. The van der Waals surface area contributed by atoms with Crippen LogP contribution in [0.1, 0.15) is 19.4 Å². The van der Waals surface area contributed by atoms with Gasteiger partial charge < -0.3 is 9.47 Å². The van der Waals surface area contributed by atoms with Crippen LogP contribution in [0.5, 0.6) is 5.75 Å². The molecule has 4 nitrogen and oxygen atoms in total. The van der Waals surface area contributed by atoms with E-state index in [1.807, 2.05) is 34.7 Å². The van der Waals surface area contributed by atoms with Crippen LogP contribution in [-0.2, 0) is 14.3 Å². The smallest absolute Gasteiger partial charge is 0.324 e. The van der Waals surface area contributed by atoms with Crippen LogP contribution < -0.4 is 4.74 Å².